The molecule has 0 aliphatic heterocycles. The van der Waals surface area contributed by atoms with Crippen molar-refractivity contribution in [3.05, 3.63) is 35.7 Å². The number of hydrogen-bond donors (Lipinski definition) is 0. The van der Waals surface area contributed by atoms with E-state index in [1.54, 1.807) is 6.08 Å². The van der Waals surface area contributed by atoms with E-state index in [1.165, 1.54) is 0 Å². The van der Waals surface area contributed by atoms with E-state index in [0.717, 1.165) is 5.57 Å². The molecule has 0 rings (SSSR count). The van der Waals surface area contributed by atoms with Crippen molar-refractivity contribution in [2.45, 2.75) is 13.8 Å². The van der Waals surface area contributed by atoms with Crippen LogP contribution < -0.4 is 0 Å². The van der Waals surface area contributed by atoms with Gasteiger partial charge in [-0.05, 0) is 19.9 Å². The summed E-state index contributed by atoms with van der Waals surface area (Å²) in [5, 5.41) is 0. The summed E-state index contributed by atoms with van der Waals surface area (Å²) in [6.45, 7) is 6.82. The van der Waals surface area contributed by atoms with Crippen LogP contribution in [-0.4, -0.2) is 0 Å². The van der Waals surface area contributed by atoms with Crippen LogP contribution in [0.4, 0.5) is 4.39 Å². The molecule has 0 spiro atoms. The molecule has 0 fully saturated rings. The topological polar surface area (TPSA) is 0 Å². The third kappa shape index (κ3) is 3.42. The van der Waals surface area contributed by atoms with Crippen LogP contribution in [0.15, 0.2) is 35.7 Å². The van der Waals surface area contributed by atoms with Crippen LogP contribution in [0.1, 0.15) is 13.8 Å². The number of hydrogen-bond acceptors (Lipinski definition) is 0. The smallest absolute Gasteiger partial charge is 0.131 e. The Labute approximate surface area is 67.1 Å². The van der Waals surface area contributed by atoms with E-state index in [2.05, 4.69) is 12.5 Å². The van der Waals surface area contributed by atoms with Crippen molar-refractivity contribution in [2.24, 2.45) is 0 Å². The summed E-state index contributed by atoms with van der Waals surface area (Å²) in [5.41, 5.74) is 1.14. The van der Waals surface area contributed by atoms with E-state index in [4.69, 9.17) is 6.42 Å². The highest BCUT2D eigenvalue weighted by Gasteiger charge is 1.95. The Balaban J connectivity index is 4.67. The van der Waals surface area contributed by atoms with E-state index < -0.39 is 5.83 Å². The van der Waals surface area contributed by atoms with Gasteiger partial charge in [0, 0.05) is 0 Å². The van der Waals surface area contributed by atoms with Crippen molar-refractivity contribution in [3.63, 3.8) is 0 Å². The largest absolute Gasteiger partial charge is 0.206 e. The fourth-order valence-electron chi connectivity index (χ4n) is 0.509. The van der Waals surface area contributed by atoms with Gasteiger partial charge in [0.25, 0.3) is 0 Å². The van der Waals surface area contributed by atoms with Crippen molar-refractivity contribution >= 4 is 0 Å². The summed E-state index contributed by atoms with van der Waals surface area (Å²) < 4.78 is 12.4. The Bertz CT molecular complexity index is 249. The Morgan fingerprint density at radius 2 is 2.18 bits per heavy atom. The SMILES string of the molecule is C#C/C(=C/C(C)=C\C)C(=C)F. The van der Waals surface area contributed by atoms with Crippen LogP contribution >= 0.6 is 0 Å². The Morgan fingerprint density at radius 3 is 2.45 bits per heavy atom. The fourth-order valence-corrected chi connectivity index (χ4v) is 0.509. The summed E-state index contributed by atoms with van der Waals surface area (Å²) in [5.74, 6) is 1.65. The van der Waals surface area contributed by atoms with Gasteiger partial charge in [-0.15, -0.1) is 6.42 Å². The molecular weight excluding hydrogens is 139 g/mol. The average molecular weight is 150 g/mol. The summed E-state index contributed by atoms with van der Waals surface area (Å²) in [6, 6.07) is 0. The molecule has 1 heteroatoms. The lowest BCUT2D eigenvalue weighted by Crippen LogP contribution is -1.78. The van der Waals surface area contributed by atoms with Crippen molar-refractivity contribution in [2.75, 3.05) is 0 Å². The lowest BCUT2D eigenvalue weighted by Gasteiger charge is -1.93. The van der Waals surface area contributed by atoms with Crippen LogP contribution in [0.25, 0.3) is 0 Å². The molecule has 0 N–H and O–H groups in total. The van der Waals surface area contributed by atoms with E-state index in [-0.39, 0.29) is 5.57 Å². The second kappa shape index (κ2) is 4.51. The average Bonchev–Trinajstić information content (AvgIpc) is 1.99. The first-order chi connectivity index (χ1) is 5.11. The van der Waals surface area contributed by atoms with Crippen LogP contribution in [0.2, 0.25) is 0 Å². The highest BCUT2D eigenvalue weighted by atomic mass is 19.1. The minimum atomic E-state index is -0.561. The van der Waals surface area contributed by atoms with Gasteiger partial charge in [0.2, 0.25) is 0 Å². The van der Waals surface area contributed by atoms with Crippen LogP contribution in [-0.2, 0) is 0 Å². The maximum atomic E-state index is 12.4. The van der Waals surface area contributed by atoms with E-state index in [1.807, 2.05) is 19.9 Å². The van der Waals surface area contributed by atoms with Gasteiger partial charge in [0.15, 0.2) is 0 Å². The zero-order valence-electron chi connectivity index (χ0n) is 6.82. The third-order valence-electron chi connectivity index (χ3n) is 1.28. The zero-order chi connectivity index (χ0) is 8.85. The molecule has 0 atom stereocenters. The Morgan fingerprint density at radius 1 is 1.64 bits per heavy atom. The summed E-state index contributed by atoms with van der Waals surface area (Å²) in [6.07, 6.45) is 8.46. The number of allylic oxidation sites excluding steroid dienone is 5. The molecule has 0 unspecified atom stereocenters. The number of terminal acetylenes is 1. The van der Waals surface area contributed by atoms with Gasteiger partial charge < -0.3 is 0 Å². The predicted octanol–water partition coefficient (Wildman–Crippen LogP) is 3.00. The maximum Gasteiger partial charge on any atom is 0.131 e. The van der Waals surface area contributed by atoms with Gasteiger partial charge in [-0.3, -0.25) is 0 Å². The zero-order valence-corrected chi connectivity index (χ0v) is 6.82. The molecule has 0 heterocycles. The molecule has 0 bridgehead atoms. The molecule has 0 nitrogen and oxygen atoms in total. The molecule has 0 aromatic carbocycles. The molecule has 58 valence electrons. The van der Waals surface area contributed by atoms with Gasteiger partial charge in [-0.2, -0.15) is 0 Å². The molecule has 0 aromatic heterocycles. The molecule has 0 aliphatic carbocycles. The Hall–Kier alpha value is -1.29. The minimum absolute atomic E-state index is 0.209. The van der Waals surface area contributed by atoms with Gasteiger partial charge in [0.1, 0.15) is 5.83 Å². The molecule has 11 heavy (non-hydrogen) atoms. The molecule has 0 aromatic rings. The van der Waals surface area contributed by atoms with Crippen molar-refractivity contribution in [1.29, 1.82) is 0 Å². The first-order valence-corrected chi connectivity index (χ1v) is 3.27. The van der Waals surface area contributed by atoms with Gasteiger partial charge in [0.05, 0.1) is 5.57 Å². The first-order valence-electron chi connectivity index (χ1n) is 3.27. The predicted molar refractivity (Wildman–Crippen MR) is 46.6 cm³/mol. The molecule has 0 aliphatic rings. The summed E-state index contributed by atoms with van der Waals surface area (Å²) in [4.78, 5) is 0. The van der Waals surface area contributed by atoms with E-state index >= 15 is 0 Å². The van der Waals surface area contributed by atoms with E-state index in [0.29, 0.717) is 0 Å². The normalized spacial score (nSPS) is 12.5. The quantitative estimate of drug-likeness (QED) is 0.419. The van der Waals surface area contributed by atoms with Gasteiger partial charge in [-0.25, -0.2) is 4.39 Å². The number of rotatable bonds is 2. The molecule has 0 saturated heterocycles. The number of halogens is 1. The van der Waals surface area contributed by atoms with Crippen molar-refractivity contribution in [3.8, 4) is 12.3 Å². The highest BCUT2D eigenvalue weighted by molar-refractivity contribution is 5.43. The summed E-state index contributed by atoms with van der Waals surface area (Å²) in [7, 11) is 0. The lowest BCUT2D eigenvalue weighted by atomic mass is 10.1. The summed E-state index contributed by atoms with van der Waals surface area (Å²) >= 11 is 0. The lowest BCUT2D eigenvalue weighted by molar-refractivity contribution is 0.663. The second-order valence-corrected chi connectivity index (χ2v) is 2.14. The monoisotopic (exact) mass is 150 g/mol. The standard InChI is InChI=1S/C10H11F/c1-5-8(3)7-10(6-2)9(4)11/h2,5,7H,4H2,1,3H3/b8-5-,10-7-. The van der Waals surface area contributed by atoms with E-state index in [9.17, 15) is 4.39 Å². The molecule has 0 radical (unpaired) electrons. The fraction of sp³-hybridized carbons (Fsp3) is 0.200. The van der Waals surface area contributed by atoms with Crippen LogP contribution in [0, 0.1) is 12.3 Å². The Kier molecular flexibility index (Phi) is 3.98. The molecule has 0 amide bonds. The second-order valence-electron chi connectivity index (χ2n) is 2.14. The first kappa shape index (κ1) is 9.71. The van der Waals surface area contributed by atoms with Crippen LogP contribution in [0.3, 0.4) is 0 Å². The maximum absolute atomic E-state index is 12.4. The van der Waals surface area contributed by atoms with Gasteiger partial charge in [-0.1, -0.05) is 24.1 Å². The van der Waals surface area contributed by atoms with Crippen molar-refractivity contribution in [1.82, 2.24) is 0 Å². The highest BCUT2D eigenvalue weighted by Crippen LogP contribution is 2.10. The minimum Gasteiger partial charge on any atom is -0.206 e. The van der Waals surface area contributed by atoms with Crippen molar-refractivity contribution < 1.29 is 4.39 Å². The third-order valence-corrected chi connectivity index (χ3v) is 1.28. The molecule has 0 saturated carbocycles. The van der Waals surface area contributed by atoms with Crippen LogP contribution in [0.5, 0.6) is 0 Å². The molecular formula is C10H11F. The van der Waals surface area contributed by atoms with Gasteiger partial charge >= 0.3 is 0 Å².